The van der Waals surface area contributed by atoms with Gasteiger partial charge in [-0.3, -0.25) is 10.6 Å². The van der Waals surface area contributed by atoms with Gasteiger partial charge in [-0.2, -0.15) is 0 Å². The van der Waals surface area contributed by atoms with Crippen LogP contribution in [0.15, 0.2) is 33.5 Å². The van der Waals surface area contributed by atoms with E-state index >= 15 is 0 Å². The average molecular weight is 341 g/mol. The predicted octanol–water partition coefficient (Wildman–Crippen LogP) is 3.14. The Morgan fingerprint density at radius 2 is 1.76 bits per heavy atom. The zero-order valence-corrected chi connectivity index (χ0v) is 15.0. The minimum absolute atomic E-state index is 0.101. The Morgan fingerprint density at radius 1 is 1.08 bits per heavy atom. The molecule has 134 valence electrons. The van der Waals surface area contributed by atoms with Gasteiger partial charge < -0.3 is 9.32 Å². The Hall–Kier alpha value is -1.85. The summed E-state index contributed by atoms with van der Waals surface area (Å²) in [6.45, 7) is 6.12. The fraction of sp³-hybridized carbons (Fsp3) is 0.550. The number of nitrogens with zero attached hydrogens (tertiary/aromatic N) is 1. The van der Waals surface area contributed by atoms with E-state index in [0.717, 1.165) is 24.2 Å². The molecule has 0 bridgehead atoms. The second kappa shape index (κ2) is 6.81. The van der Waals surface area contributed by atoms with Gasteiger partial charge in [0.25, 0.3) is 0 Å². The Balaban J connectivity index is 1.66. The molecule has 5 heteroatoms. The third-order valence-electron chi connectivity index (χ3n) is 5.71. The zero-order chi connectivity index (χ0) is 17.4. The van der Waals surface area contributed by atoms with E-state index < -0.39 is 0 Å². The molecule has 2 N–H and O–H groups in total. The second-order valence-electron chi connectivity index (χ2n) is 7.15. The van der Waals surface area contributed by atoms with Gasteiger partial charge in [0.2, 0.25) is 0 Å². The first-order chi connectivity index (χ1) is 12.2. The van der Waals surface area contributed by atoms with Crippen molar-refractivity contribution in [2.45, 2.75) is 57.8 Å². The van der Waals surface area contributed by atoms with Crippen molar-refractivity contribution in [2.24, 2.45) is 0 Å². The summed E-state index contributed by atoms with van der Waals surface area (Å²) in [5, 5.41) is 8.14. The van der Waals surface area contributed by atoms with Crippen LogP contribution >= 0.6 is 0 Å². The Bertz CT molecular complexity index is 798. The summed E-state index contributed by atoms with van der Waals surface area (Å²) in [5.74, 6) is 0. The van der Waals surface area contributed by atoms with E-state index in [1.807, 2.05) is 12.1 Å². The lowest BCUT2D eigenvalue weighted by Gasteiger charge is -2.23. The maximum absolute atomic E-state index is 12.6. The molecule has 2 atom stereocenters. The maximum atomic E-state index is 12.6. The summed E-state index contributed by atoms with van der Waals surface area (Å²) in [4.78, 5) is 14.8. The lowest BCUT2D eigenvalue weighted by molar-refractivity contribution is 0.374. The summed E-state index contributed by atoms with van der Waals surface area (Å²) in [5.41, 5.74) is 2.20. The molecule has 1 aliphatic carbocycles. The SMILES string of the molecule is CCN(CC)c1ccc2cc(C3NC4CCCCC4N3)c(=O)oc2c1. The highest BCUT2D eigenvalue weighted by Gasteiger charge is 2.36. The molecule has 2 fully saturated rings. The van der Waals surface area contributed by atoms with E-state index in [2.05, 4.69) is 41.5 Å². The van der Waals surface area contributed by atoms with Gasteiger partial charge >= 0.3 is 5.63 Å². The van der Waals surface area contributed by atoms with E-state index in [1.54, 1.807) is 0 Å². The number of hydrogen-bond acceptors (Lipinski definition) is 5. The van der Waals surface area contributed by atoms with Crippen molar-refractivity contribution in [1.29, 1.82) is 0 Å². The highest BCUT2D eigenvalue weighted by molar-refractivity contribution is 5.81. The molecule has 2 aromatic rings. The first-order valence-corrected chi connectivity index (χ1v) is 9.54. The van der Waals surface area contributed by atoms with Crippen LogP contribution < -0.4 is 21.2 Å². The van der Waals surface area contributed by atoms with E-state index in [4.69, 9.17) is 4.42 Å². The monoisotopic (exact) mass is 341 g/mol. The van der Waals surface area contributed by atoms with E-state index in [1.165, 1.54) is 25.7 Å². The van der Waals surface area contributed by atoms with Crippen molar-refractivity contribution in [3.05, 3.63) is 40.2 Å². The zero-order valence-electron chi connectivity index (χ0n) is 15.0. The molecule has 2 heterocycles. The quantitative estimate of drug-likeness (QED) is 0.837. The number of anilines is 1. The van der Waals surface area contributed by atoms with Crippen LogP contribution in [0, 0.1) is 0 Å². The third kappa shape index (κ3) is 3.07. The number of benzene rings is 1. The van der Waals surface area contributed by atoms with Crippen molar-refractivity contribution in [1.82, 2.24) is 10.6 Å². The molecule has 1 aromatic heterocycles. The molecule has 2 unspecified atom stereocenters. The molecule has 25 heavy (non-hydrogen) atoms. The van der Waals surface area contributed by atoms with Crippen molar-refractivity contribution in [3.8, 4) is 0 Å². The van der Waals surface area contributed by atoms with Gasteiger partial charge in [-0.25, -0.2) is 4.79 Å². The van der Waals surface area contributed by atoms with Crippen LogP contribution in [0.2, 0.25) is 0 Å². The van der Waals surface area contributed by atoms with Crippen LogP contribution in [0.1, 0.15) is 51.3 Å². The standard InChI is InChI=1S/C20H27N3O2/c1-3-23(4-2)14-10-9-13-11-15(20(24)25-18(13)12-14)19-21-16-7-5-6-8-17(16)22-19/h9-12,16-17,19,21-22H,3-8H2,1-2H3. The van der Waals surface area contributed by atoms with Gasteiger partial charge in [-0.05, 0) is 44.9 Å². The molecule has 1 aromatic carbocycles. The van der Waals surface area contributed by atoms with E-state index in [9.17, 15) is 4.79 Å². The molecule has 1 saturated carbocycles. The summed E-state index contributed by atoms with van der Waals surface area (Å²) >= 11 is 0. The Morgan fingerprint density at radius 3 is 2.40 bits per heavy atom. The van der Waals surface area contributed by atoms with Crippen LogP contribution in [0.25, 0.3) is 11.0 Å². The third-order valence-corrected chi connectivity index (χ3v) is 5.71. The van der Waals surface area contributed by atoms with Gasteiger partial charge in [-0.1, -0.05) is 12.8 Å². The Labute approximate surface area is 148 Å². The summed E-state index contributed by atoms with van der Waals surface area (Å²) in [6.07, 6.45) is 4.79. The van der Waals surface area contributed by atoms with Gasteiger partial charge in [-0.15, -0.1) is 0 Å². The van der Waals surface area contributed by atoms with Crippen LogP contribution in [0.5, 0.6) is 0 Å². The van der Waals surface area contributed by atoms with E-state index in [0.29, 0.717) is 23.2 Å². The highest BCUT2D eigenvalue weighted by Crippen LogP contribution is 2.29. The smallest absolute Gasteiger partial charge is 0.342 e. The molecule has 2 aliphatic rings. The maximum Gasteiger partial charge on any atom is 0.342 e. The first-order valence-electron chi connectivity index (χ1n) is 9.54. The normalized spacial score (nSPS) is 25.9. The second-order valence-corrected chi connectivity index (χ2v) is 7.15. The lowest BCUT2D eigenvalue weighted by atomic mass is 9.92. The van der Waals surface area contributed by atoms with Crippen molar-refractivity contribution in [2.75, 3.05) is 18.0 Å². The minimum atomic E-state index is -0.243. The predicted molar refractivity (Wildman–Crippen MR) is 101 cm³/mol. The molecular formula is C20H27N3O2. The van der Waals surface area contributed by atoms with Gasteiger partial charge in [0, 0.05) is 42.3 Å². The molecule has 0 spiro atoms. The number of nitrogens with one attached hydrogen (secondary N) is 2. The van der Waals surface area contributed by atoms with Crippen molar-refractivity contribution >= 4 is 16.7 Å². The van der Waals surface area contributed by atoms with Crippen LogP contribution in [0.3, 0.4) is 0 Å². The van der Waals surface area contributed by atoms with Crippen LogP contribution in [-0.2, 0) is 0 Å². The van der Waals surface area contributed by atoms with Crippen molar-refractivity contribution in [3.63, 3.8) is 0 Å². The minimum Gasteiger partial charge on any atom is -0.422 e. The van der Waals surface area contributed by atoms with E-state index in [-0.39, 0.29) is 11.8 Å². The topological polar surface area (TPSA) is 57.5 Å². The van der Waals surface area contributed by atoms with Crippen LogP contribution in [-0.4, -0.2) is 25.2 Å². The fourth-order valence-electron chi connectivity index (χ4n) is 4.29. The molecule has 0 radical (unpaired) electrons. The molecule has 4 rings (SSSR count). The summed E-state index contributed by atoms with van der Waals surface area (Å²) < 4.78 is 5.68. The lowest BCUT2D eigenvalue weighted by Crippen LogP contribution is -2.36. The summed E-state index contributed by atoms with van der Waals surface area (Å²) in [7, 11) is 0. The van der Waals surface area contributed by atoms with Gasteiger partial charge in [0.1, 0.15) is 5.58 Å². The summed E-state index contributed by atoms with van der Waals surface area (Å²) in [6, 6.07) is 9.06. The molecule has 5 nitrogen and oxygen atoms in total. The number of rotatable bonds is 4. The number of fused-ring (bicyclic) bond motifs is 2. The van der Waals surface area contributed by atoms with Crippen molar-refractivity contribution < 1.29 is 4.42 Å². The fourth-order valence-corrected chi connectivity index (χ4v) is 4.29. The van der Waals surface area contributed by atoms with Gasteiger partial charge in [0.15, 0.2) is 0 Å². The average Bonchev–Trinajstić information content (AvgIpc) is 3.06. The van der Waals surface area contributed by atoms with Gasteiger partial charge in [0.05, 0.1) is 11.7 Å². The number of hydrogen-bond donors (Lipinski definition) is 2. The largest absolute Gasteiger partial charge is 0.422 e. The first kappa shape index (κ1) is 16.6. The molecule has 1 saturated heterocycles. The highest BCUT2D eigenvalue weighted by atomic mass is 16.4. The van der Waals surface area contributed by atoms with Crippen LogP contribution in [0.4, 0.5) is 5.69 Å². The molecule has 0 amide bonds. The molecule has 1 aliphatic heterocycles. The molecular weight excluding hydrogens is 314 g/mol. The Kier molecular flexibility index (Phi) is 4.52.